The van der Waals surface area contributed by atoms with Crippen LogP contribution in [0.5, 0.6) is 0 Å². The molecular formula is C24H22F5N5O3S. The molecule has 0 radical (unpaired) electrons. The van der Waals surface area contributed by atoms with E-state index in [0.29, 0.717) is 0 Å². The first-order valence-electron chi connectivity index (χ1n) is 11.4. The van der Waals surface area contributed by atoms with Crippen molar-refractivity contribution in [2.24, 2.45) is 0 Å². The summed E-state index contributed by atoms with van der Waals surface area (Å²) in [5.41, 5.74) is -2.19. The van der Waals surface area contributed by atoms with Gasteiger partial charge in [0.05, 0.1) is 22.8 Å². The van der Waals surface area contributed by atoms with E-state index in [9.17, 15) is 30.8 Å². The molecule has 0 aliphatic carbocycles. The third-order valence-electron chi connectivity index (χ3n) is 6.22. The van der Waals surface area contributed by atoms with Crippen molar-refractivity contribution < 1.29 is 35.2 Å². The molecule has 38 heavy (non-hydrogen) atoms. The SMILES string of the molecule is CC[C@]1(F)C[C@@H](C(=O)NCc2cc(-c3ccc(C(F)(F)F)nc3)ncn2)N(S(=O)(=O)c2ccc(F)cc2)C1. The molecule has 1 aliphatic rings. The van der Waals surface area contributed by atoms with Gasteiger partial charge in [0.25, 0.3) is 0 Å². The molecule has 2 atom stereocenters. The largest absolute Gasteiger partial charge is 0.433 e. The molecule has 1 N–H and O–H groups in total. The number of hydrogen-bond acceptors (Lipinski definition) is 6. The molecule has 3 heterocycles. The summed E-state index contributed by atoms with van der Waals surface area (Å²) in [7, 11) is -4.32. The Hall–Kier alpha value is -3.52. The molecule has 14 heteroatoms. The van der Waals surface area contributed by atoms with Crippen molar-refractivity contribution in [3.05, 3.63) is 72.2 Å². The molecule has 3 aromatic rings. The molecule has 1 fully saturated rings. The van der Waals surface area contributed by atoms with Gasteiger partial charge >= 0.3 is 6.18 Å². The Morgan fingerprint density at radius 1 is 1.13 bits per heavy atom. The highest BCUT2D eigenvalue weighted by atomic mass is 32.2. The Morgan fingerprint density at radius 3 is 2.45 bits per heavy atom. The molecule has 1 aliphatic heterocycles. The number of nitrogens with zero attached hydrogens (tertiary/aromatic N) is 4. The van der Waals surface area contributed by atoms with E-state index in [2.05, 4.69) is 20.3 Å². The van der Waals surface area contributed by atoms with E-state index in [1.54, 1.807) is 6.92 Å². The third-order valence-corrected chi connectivity index (χ3v) is 8.09. The number of amides is 1. The zero-order valence-electron chi connectivity index (χ0n) is 19.9. The summed E-state index contributed by atoms with van der Waals surface area (Å²) >= 11 is 0. The first-order chi connectivity index (χ1) is 17.8. The lowest BCUT2D eigenvalue weighted by Gasteiger charge is -2.23. The van der Waals surface area contributed by atoms with Gasteiger partial charge in [0.1, 0.15) is 29.5 Å². The number of rotatable bonds is 7. The van der Waals surface area contributed by atoms with Gasteiger partial charge in [-0.25, -0.2) is 27.2 Å². The summed E-state index contributed by atoms with van der Waals surface area (Å²) in [4.78, 5) is 24.2. The summed E-state index contributed by atoms with van der Waals surface area (Å²) in [6.07, 6.45) is -2.83. The van der Waals surface area contributed by atoms with E-state index in [-0.39, 0.29) is 41.2 Å². The normalized spacial score (nSPS) is 20.4. The summed E-state index contributed by atoms with van der Waals surface area (Å²) in [6.45, 7) is 0.816. The van der Waals surface area contributed by atoms with Crippen LogP contribution in [0.3, 0.4) is 0 Å². The van der Waals surface area contributed by atoms with Gasteiger partial charge in [-0.2, -0.15) is 17.5 Å². The Bertz CT molecular complexity index is 1420. The second-order valence-electron chi connectivity index (χ2n) is 8.77. The second kappa shape index (κ2) is 10.3. The molecular weight excluding hydrogens is 533 g/mol. The number of alkyl halides is 4. The number of pyridine rings is 1. The molecule has 0 unspecified atom stereocenters. The maximum atomic E-state index is 15.3. The minimum atomic E-state index is -4.59. The zero-order chi connectivity index (χ0) is 27.7. The standard InChI is InChI=1S/C24H22F5N5O3S/c1-2-23(26)10-20(34(13-23)38(36,37)18-6-4-16(25)5-7-18)22(35)31-12-17-9-19(33-14-32-17)15-3-8-21(30-11-15)24(27,28)29/h3-9,11,14,20H,2,10,12-13H2,1H3,(H,31,35)/t20-,23-/m0/s1. The molecule has 1 saturated heterocycles. The van der Waals surface area contributed by atoms with Gasteiger partial charge in [0, 0.05) is 24.7 Å². The molecule has 4 rings (SSSR count). The predicted molar refractivity (Wildman–Crippen MR) is 125 cm³/mol. The Morgan fingerprint density at radius 2 is 1.84 bits per heavy atom. The van der Waals surface area contributed by atoms with Gasteiger partial charge in [0.15, 0.2) is 0 Å². The molecule has 2 aromatic heterocycles. The summed E-state index contributed by atoms with van der Waals surface area (Å²) in [5.74, 6) is -1.41. The molecule has 0 bridgehead atoms. The Labute approximate surface area is 215 Å². The van der Waals surface area contributed by atoms with Gasteiger partial charge in [0.2, 0.25) is 15.9 Å². The van der Waals surface area contributed by atoms with E-state index in [1.807, 2.05) is 0 Å². The van der Waals surface area contributed by atoms with Crippen LogP contribution in [0.2, 0.25) is 0 Å². The number of benzene rings is 1. The van der Waals surface area contributed by atoms with Crippen LogP contribution in [0.4, 0.5) is 22.0 Å². The van der Waals surface area contributed by atoms with Crippen molar-refractivity contribution in [2.75, 3.05) is 6.54 Å². The molecule has 0 saturated carbocycles. The van der Waals surface area contributed by atoms with Crippen molar-refractivity contribution in [1.82, 2.24) is 24.6 Å². The maximum absolute atomic E-state index is 15.3. The number of sulfonamides is 1. The molecule has 202 valence electrons. The van der Waals surface area contributed by atoms with Gasteiger partial charge in [-0.1, -0.05) is 6.92 Å². The highest BCUT2D eigenvalue weighted by molar-refractivity contribution is 7.89. The smallest absolute Gasteiger partial charge is 0.349 e. The van der Waals surface area contributed by atoms with E-state index in [0.717, 1.165) is 47.2 Å². The van der Waals surface area contributed by atoms with E-state index in [1.165, 1.54) is 12.1 Å². The monoisotopic (exact) mass is 555 g/mol. The van der Waals surface area contributed by atoms with Crippen LogP contribution in [0.25, 0.3) is 11.3 Å². The first kappa shape index (κ1) is 27.5. The number of carbonyl (C=O) groups excluding carboxylic acids is 1. The summed E-state index contributed by atoms with van der Waals surface area (Å²) in [5, 5.41) is 2.55. The first-order valence-corrected chi connectivity index (χ1v) is 12.8. The molecule has 0 spiro atoms. The quantitative estimate of drug-likeness (QED) is 0.444. The maximum Gasteiger partial charge on any atom is 0.433 e. The number of carbonyl (C=O) groups is 1. The predicted octanol–water partition coefficient (Wildman–Crippen LogP) is 3.89. The number of aromatic nitrogens is 3. The Balaban J connectivity index is 1.51. The average molecular weight is 556 g/mol. The summed E-state index contributed by atoms with van der Waals surface area (Å²) < 4.78 is 94.0. The summed E-state index contributed by atoms with van der Waals surface area (Å²) in [6, 6.07) is 6.08. The zero-order valence-corrected chi connectivity index (χ0v) is 20.7. The topological polar surface area (TPSA) is 105 Å². The van der Waals surface area contributed by atoms with Crippen molar-refractivity contribution in [3.63, 3.8) is 0 Å². The van der Waals surface area contributed by atoms with Crippen molar-refractivity contribution in [3.8, 4) is 11.3 Å². The van der Waals surface area contributed by atoms with Gasteiger partial charge in [-0.15, -0.1) is 0 Å². The second-order valence-corrected chi connectivity index (χ2v) is 10.7. The van der Waals surface area contributed by atoms with Crippen LogP contribution in [0.1, 0.15) is 31.2 Å². The van der Waals surface area contributed by atoms with Gasteiger partial charge in [-0.3, -0.25) is 9.78 Å². The minimum absolute atomic E-state index is 0.0251. The highest BCUT2D eigenvalue weighted by Gasteiger charge is 2.51. The number of nitrogens with one attached hydrogen (secondary N) is 1. The highest BCUT2D eigenvalue weighted by Crippen LogP contribution is 2.37. The van der Waals surface area contributed by atoms with Crippen molar-refractivity contribution >= 4 is 15.9 Å². The van der Waals surface area contributed by atoms with Gasteiger partial charge in [-0.05, 0) is 48.9 Å². The fraction of sp³-hybridized carbons (Fsp3) is 0.333. The Kier molecular flexibility index (Phi) is 7.48. The van der Waals surface area contributed by atoms with Crippen LogP contribution in [-0.4, -0.2) is 51.8 Å². The van der Waals surface area contributed by atoms with Crippen LogP contribution in [0.15, 0.2) is 59.9 Å². The van der Waals surface area contributed by atoms with Gasteiger partial charge < -0.3 is 5.32 Å². The fourth-order valence-electron chi connectivity index (χ4n) is 4.04. The lowest BCUT2D eigenvalue weighted by molar-refractivity contribution is -0.141. The molecule has 1 amide bonds. The molecule has 8 nitrogen and oxygen atoms in total. The number of halogens is 5. The van der Waals surface area contributed by atoms with Crippen molar-refractivity contribution in [1.29, 1.82) is 0 Å². The molecule has 1 aromatic carbocycles. The lowest BCUT2D eigenvalue weighted by atomic mass is 9.99. The average Bonchev–Trinajstić information content (AvgIpc) is 3.26. The third kappa shape index (κ3) is 5.80. The van der Waals surface area contributed by atoms with Crippen LogP contribution in [0, 0.1) is 5.82 Å². The minimum Gasteiger partial charge on any atom is -0.349 e. The van der Waals surface area contributed by atoms with E-state index >= 15 is 4.39 Å². The fourth-order valence-corrected chi connectivity index (χ4v) is 5.69. The van der Waals surface area contributed by atoms with Crippen LogP contribution >= 0.6 is 0 Å². The van der Waals surface area contributed by atoms with E-state index < -0.39 is 51.9 Å². The lowest BCUT2D eigenvalue weighted by Crippen LogP contribution is -2.45. The van der Waals surface area contributed by atoms with Crippen LogP contribution in [-0.2, 0) is 27.5 Å². The van der Waals surface area contributed by atoms with E-state index in [4.69, 9.17) is 0 Å². The van der Waals surface area contributed by atoms with Crippen LogP contribution < -0.4 is 5.32 Å². The number of hydrogen-bond donors (Lipinski definition) is 1. The van der Waals surface area contributed by atoms with Crippen molar-refractivity contribution in [2.45, 2.75) is 49.1 Å².